The van der Waals surface area contributed by atoms with E-state index in [9.17, 15) is 4.79 Å². The molecule has 0 aliphatic heterocycles. The largest absolute Gasteiger partial charge is 0.444 e. The first kappa shape index (κ1) is 24.5. The fourth-order valence-electron chi connectivity index (χ4n) is 2.11. The molecule has 0 saturated carbocycles. The first-order valence-corrected chi connectivity index (χ1v) is 9.33. The molecular weight excluding hydrogens is 336 g/mol. The summed E-state index contributed by atoms with van der Waals surface area (Å²) in [5.74, 6) is 0.703. The van der Waals surface area contributed by atoms with Crippen molar-refractivity contribution in [3.8, 4) is 0 Å². The lowest BCUT2D eigenvalue weighted by atomic mass is 10.1. The first-order valence-electron chi connectivity index (χ1n) is 9.33. The number of aliphatic imine (C=N–C) groups is 1. The van der Waals surface area contributed by atoms with Crippen LogP contribution in [-0.4, -0.2) is 70.8 Å². The number of amides is 1. The number of guanidine groups is 1. The molecule has 0 radical (unpaired) electrons. The third-order valence-electron chi connectivity index (χ3n) is 3.29. The van der Waals surface area contributed by atoms with Crippen molar-refractivity contribution in [2.45, 2.75) is 58.6 Å². The van der Waals surface area contributed by atoms with Crippen LogP contribution in [-0.2, 0) is 14.2 Å². The molecular formula is C18H38N4O4. The van der Waals surface area contributed by atoms with Gasteiger partial charge in [0.05, 0.1) is 13.2 Å². The highest BCUT2D eigenvalue weighted by Crippen LogP contribution is 2.07. The summed E-state index contributed by atoms with van der Waals surface area (Å²) in [5, 5.41) is 9.39. The third-order valence-corrected chi connectivity index (χ3v) is 3.29. The average Bonchev–Trinajstić information content (AvgIpc) is 2.55. The van der Waals surface area contributed by atoms with Crippen LogP contribution in [0.1, 0.15) is 47.0 Å². The molecule has 1 amide bonds. The minimum absolute atomic E-state index is 0.0224. The van der Waals surface area contributed by atoms with Crippen LogP contribution in [0.4, 0.5) is 4.79 Å². The second-order valence-electron chi connectivity index (χ2n) is 6.97. The summed E-state index contributed by atoms with van der Waals surface area (Å²) in [5.41, 5.74) is -0.503. The van der Waals surface area contributed by atoms with Crippen LogP contribution in [0.3, 0.4) is 0 Å². The normalized spacial score (nSPS) is 13.2. The van der Waals surface area contributed by atoms with E-state index in [2.05, 4.69) is 27.9 Å². The van der Waals surface area contributed by atoms with E-state index >= 15 is 0 Å². The van der Waals surface area contributed by atoms with Crippen molar-refractivity contribution in [2.75, 3.05) is 47.1 Å². The molecule has 26 heavy (non-hydrogen) atoms. The number of hydrogen-bond donors (Lipinski definition) is 3. The van der Waals surface area contributed by atoms with Crippen LogP contribution >= 0.6 is 0 Å². The highest BCUT2D eigenvalue weighted by atomic mass is 16.6. The van der Waals surface area contributed by atoms with Gasteiger partial charge in [0.2, 0.25) is 0 Å². The van der Waals surface area contributed by atoms with Gasteiger partial charge in [0, 0.05) is 39.9 Å². The summed E-state index contributed by atoms with van der Waals surface area (Å²) < 4.78 is 15.7. The van der Waals surface area contributed by atoms with Crippen LogP contribution in [0.25, 0.3) is 0 Å². The van der Waals surface area contributed by atoms with Gasteiger partial charge >= 0.3 is 6.09 Å². The Balaban J connectivity index is 4.12. The summed E-state index contributed by atoms with van der Waals surface area (Å²) >= 11 is 0. The van der Waals surface area contributed by atoms with Gasteiger partial charge in [-0.15, -0.1) is 0 Å². The molecule has 154 valence electrons. The number of hydrogen-bond acceptors (Lipinski definition) is 5. The predicted molar refractivity (Wildman–Crippen MR) is 105 cm³/mol. The molecule has 0 aromatic rings. The molecule has 0 aliphatic carbocycles. The van der Waals surface area contributed by atoms with Gasteiger partial charge in [0.1, 0.15) is 5.60 Å². The van der Waals surface area contributed by atoms with E-state index in [1.807, 2.05) is 20.8 Å². The number of rotatable bonds is 12. The summed E-state index contributed by atoms with van der Waals surface area (Å²) in [6.07, 6.45) is 2.30. The number of nitrogens with zero attached hydrogens (tertiary/aromatic N) is 1. The van der Waals surface area contributed by atoms with Gasteiger partial charge in [-0.05, 0) is 33.6 Å². The molecule has 8 heteroatoms. The number of carbonyl (C=O) groups excluding carboxylic acids is 1. The lowest BCUT2D eigenvalue weighted by molar-refractivity contribution is 0.0502. The van der Waals surface area contributed by atoms with Gasteiger partial charge in [-0.25, -0.2) is 4.79 Å². The van der Waals surface area contributed by atoms with Gasteiger partial charge < -0.3 is 30.2 Å². The van der Waals surface area contributed by atoms with Gasteiger partial charge in [-0.3, -0.25) is 4.99 Å². The highest BCUT2D eigenvalue weighted by molar-refractivity contribution is 5.79. The van der Waals surface area contributed by atoms with E-state index in [1.165, 1.54) is 0 Å². The van der Waals surface area contributed by atoms with E-state index in [0.717, 1.165) is 25.8 Å². The zero-order valence-electron chi connectivity index (χ0n) is 17.3. The number of ether oxygens (including phenoxy) is 3. The predicted octanol–water partition coefficient (Wildman–Crippen LogP) is 1.90. The molecule has 0 spiro atoms. The summed E-state index contributed by atoms with van der Waals surface area (Å²) in [7, 11) is 3.38. The summed E-state index contributed by atoms with van der Waals surface area (Å²) in [6, 6.07) is -0.0224. The summed E-state index contributed by atoms with van der Waals surface area (Å²) in [4.78, 5) is 16.1. The number of methoxy groups -OCH3 is 1. The molecule has 8 nitrogen and oxygen atoms in total. The highest BCUT2D eigenvalue weighted by Gasteiger charge is 2.19. The lowest BCUT2D eigenvalue weighted by Crippen LogP contribution is -2.48. The minimum atomic E-state index is -0.503. The Kier molecular flexibility index (Phi) is 13.7. The maximum atomic E-state index is 11.9. The molecule has 0 fully saturated rings. The monoisotopic (exact) mass is 374 g/mol. The molecule has 0 heterocycles. The van der Waals surface area contributed by atoms with Crippen molar-refractivity contribution in [3.63, 3.8) is 0 Å². The number of nitrogens with one attached hydrogen (secondary N) is 3. The Bertz CT molecular complexity index is 397. The SMILES string of the molecule is CCCC(CNC(=NC)NCCCOCCOC)NC(=O)OC(C)(C)C. The zero-order valence-corrected chi connectivity index (χ0v) is 17.3. The molecule has 1 unspecified atom stereocenters. The standard InChI is InChI=1S/C18H38N4O4/c1-7-9-15(22-17(23)26-18(2,3)4)14-21-16(19-5)20-10-8-11-25-13-12-24-6/h15H,7-14H2,1-6H3,(H,22,23)(H2,19,20,21). The first-order chi connectivity index (χ1) is 12.3. The Morgan fingerprint density at radius 2 is 1.88 bits per heavy atom. The number of carbonyl (C=O) groups is 1. The Morgan fingerprint density at radius 1 is 1.15 bits per heavy atom. The quantitative estimate of drug-likeness (QED) is 0.274. The van der Waals surface area contributed by atoms with Crippen LogP contribution in [0, 0.1) is 0 Å². The van der Waals surface area contributed by atoms with Gasteiger partial charge in [-0.1, -0.05) is 13.3 Å². The third kappa shape index (κ3) is 14.8. The fraction of sp³-hybridized carbons (Fsp3) is 0.889. The molecule has 1 atom stereocenters. The van der Waals surface area contributed by atoms with Crippen LogP contribution in [0.2, 0.25) is 0 Å². The summed E-state index contributed by atoms with van der Waals surface area (Å²) in [6.45, 7) is 10.9. The fourth-order valence-corrected chi connectivity index (χ4v) is 2.11. The average molecular weight is 375 g/mol. The maximum absolute atomic E-state index is 11.9. The van der Waals surface area contributed by atoms with E-state index in [1.54, 1.807) is 14.2 Å². The lowest BCUT2D eigenvalue weighted by Gasteiger charge is -2.24. The smallest absolute Gasteiger partial charge is 0.407 e. The van der Waals surface area contributed by atoms with Crippen molar-refractivity contribution in [2.24, 2.45) is 4.99 Å². The second kappa shape index (κ2) is 14.6. The van der Waals surface area contributed by atoms with Crippen LogP contribution in [0.5, 0.6) is 0 Å². The Morgan fingerprint density at radius 3 is 2.46 bits per heavy atom. The van der Waals surface area contributed by atoms with Gasteiger partial charge in [-0.2, -0.15) is 0 Å². The van der Waals surface area contributed by atoms with Crippen molar-refractivity contribution in [3.05, 3.63) is 0 Å². The number of alkyl carbamates (subject to hydrolysis) is 1. The van der Waals surface area contributed by atoms with Crippen LogP contribution < -0.4 is 16.0 Å². The molecule has 0 rings (SSSR count). The van der Waals surface area contributed by atoms with Crippen molar-refractivity contribution >= 4 is 12.1 Å². The Hall–Kier alpha value is -1.54. The van der Waals surface area contributed by atoms with Gasteiger partial charge in [0.15, 0.2) is 5.96 Å². The molecule has 0 bridgehead atoms. The van der Waals surface area contributed by atoms with Crippen molar-refractivity contribution < 1.29 is 19.0 Å². The Labute approximate surface area is 158 Å². The minimum Gasteiger partial charge on any atom is -0.444 e. The maximum Gasteiger partial charge on any atom is 0.407 e. The molecule has 0 aliphatic rings. The molecule has 0 saturated heterocycles. The second-order valence-corrected chi connectivity index (χ2v) is 6.97. The van der Waals surface area contributed by atoms with Crippen molar-refractivity contribution in [1.29, 1.82) is 0 Å². The van der Waals surface area contributed by atoms with E-state index in [0.29, 0.717) is 32.3 Å². The topological polar surface area (TPSA) is 93.2 Å². The van der Waals surface area contributed by atoms with Gasteiger partial charge in [0.25, 0.3) is 0 Å². The molecule has 0 aromatic heterocycles. The molecule has 3 N–H and O–H groups in total. The van der Waals surface area contributed by atoms with E-state index < -0.39 is 11.7 Å². The van der Waals surface area contributed by atoms with Crippen LogP contribution in [0.15, 0.2) is 4.99 Å². The van der Waals surface area contributed by atoms with E-state index in [4.69, 9.17) is 14.2 Å². The zero-order chi connectivity index (χ0) is 19.8. The van der Waals surface area contributed by atoms with Crippen molar-refractivity contribution in [1.82, 2.24) is 16.0 Å². The molecule has 0 aromatic carbocycles. The van der Waals surface area contributed by atoms with E-state index in [-0.39, 0.29) is 6.04 Å².